The van der Waals surface area contributed by atoms with Gasteiger partial charge in [0, 0.05) is 0 Å². The van der Waals surface area contributed by atoms with Crippen molar-refractivity contribution in [3.05, 3.63) is 12.2 Å². The number of rotatable bonds is 1. The number of hydrogen-bond acceptors (Lipinski definition) is 1. The summed E-state index contributed by atoms with van der Waals surface area (Å²) in [4.78, 5) is 0. The van der Waals surface area contributed by atoms with E-state index in [9.17, 15) is 0 Å². The molecule has 2 rings (SSSR count). The molecule has 68 valence electrons. The van der Waals surface area contributed by atoms with E-state index in [0.717, 1.165) is 5.92 Å². The van der Waals surface area contributed by atoms with E-state index in [1.54, 1.807) is 0 Å². The number of epoxide rings is 1. The summed E-state index contributed by atoms with van der Waals surface area (Å²) in [5, 5.41) is 0. The maximum atomic E-state index is 5.64. The van der Waals surface area contributed by atoms with Gasteiger partial charge < -0.3 is 4.74 Å². The van der Waals surface area contributed by atoms with E-state index in [-0.39, 0.29) is 5.60 Å². The molecule has 1 saturated heterocycles. The minimum absolute atomic E-state index is 0.254. The average molecular weight is 166 g/mol. The molecular weight excluding hydrogens is 148 g/mol. The Hall–Kier alpha value is -0.300. The summed E-state index contributed by atoms with van der Waals surface area (Å²) < 4.78 is 5.64. The SMILES string of the molecule is C=C(C)C1CCC2OC2(C)CC1. The molecule has 3 atom stereocenters. The number of ether oxygens (including phenoxy) is 1. The Kier molecular flexibility index (Phi) is 1.80. The first kappa shape index (κ1) is 8.31. The molecule has 1 nitrogen and oxygen atoms in total. The van der Waals surface area contributed by atoms with E-state index >= 15 is 0 Å². The van der Waals surface area contributed by atoms with Gasteiger partial charge in [-0.15, -0.1) is 0 Å². The summed E-state index contributed by atoms with van der Waals surface area (Å²) >= 11 is 0. The lowest BCUT2D eigenvalue weighted by Gasteiger charge is -2.14. The molecule has 1 saturated carbocycles. The highest BCUT2D eigenvalue weighted by molar-refractivity contribution is 5.06. The number of fused-ring (bicyclic) bond motifs is 1. The summed E-state index contributed by atoms with van der Waals surface area (Å²) in [6.45, 7) is 8.45. The van der Waals surface area contributed by atoms with Gasteiger partial charge in [-0.3, -0.25) is 0 Å². The largest absolute Gasteiger partial charge is 0.366 e. The minimum atomic E-state index is 0.254. The zero-order chi connectivity index (χ0) is 8.77. The second-order valence-electron chi connectivity index (χ2n) is 4.58. The first-order chi connectivity index (χ1) is 5.62. The summed E-state index contributed by atoms with van der Waals surface area (Å²) in [7, 11) is 0. The average Bonchev–Trinajstić information content (AvgIpc) is 2.60. The van der Waals surface area contributed by atoms with Gasteiger partial charge in [-0.2, -0.15) is 0 Å². The van der Waals surface area contributed by atoms with Crippen LogP contribution in [0.25, 0.3) is 0 Å². The molecule has 2 fully saturated rings. The zero-order valence-electron chi connectivity index (χ0n) is 8.10. The zero-order valence-corrected chi connectivity index (χ0v) is 8.10. The van der Waals surface area contributed by atoms with Crippen molar-refractivity contribution in [2.45, 2.75) is 51.2 Å². The van der Waals surface area contributed by atoms with Gasteiger partial charge in [-0.1, -0.05) is 12.2 Å². The second-order valence-corrected chi connectivity index (χ2v) is 4.58. The van der Waals surface area contributed by atoms with Crippen LogP contribution in [-0.2, 0) is 4.74 Å². The van der Waals surface area contributed by atoms with Crippen LogP contribution in [0.15, 0.2) is 12.2 Å². The molecule has 0 spiro atoms. The minimum Gasteiger partial charge on any atom is -0.366 e. The van der Waals surface area contributed by atoms with E-state index < -0.39 is 0 Å². The topological polar surface area (TPSA) is 12.5 Å². The van der Waals surface area contributed by atoms with Gasteiger partial charge in [0.15, 0.2) is 0 Å². The monoisotopic (exact) mass is 166 g/mol. The van der Waals surface area contributed by atoms with E-state index in [4.69, 9.17) is 4.74 Å². The highest BCUT2D eigenvalue weighted by Crippen LogP contribution is 2.47. The summed E-state index contributed by atoms with van der Waals surface area (Å²) in [6, 6.07) is 0. The standard InChI is InChI=1S/C11H18O/c1-8(2)9-4-5-10-11(3,12-10)7-6-9/h9-10H,1,4-7H2,2-3H3. The van der Waals surface area contributed by atoms with Crippen LogP contribution in [0.2, 0.25) is 0 Å². The smallest absolute Gasteiger partial charge is 0.0920 e. The van der Waals surface area contributed by atoms with Crippen molar-refractivity contribution in [1.29, 1.82) is 0 Å². The molecule has 0 bridgehead atoms. The lowest BCUT2D eigenvalue weighted by molar-refractivity contribution is 0.264. The third kappa shape index (κ3) is 1.31. The van der Waals surface area contributed by atoms with Gasteiger partial charge in [0.05, 0.1) is 11.7 Å². The molecule has 1 heteroatoms. The van der Waals surface area contributed by atoms with Crippen molar-refractivity contribution in [3.63, 3.8) is 0 Å². The van der Waals surface area contributed by atoms with Crippen LogP contribution in [0.1, 0.15) is 39.5 Å². The molecule has 1 aliphatic heterocycles. The lowest BCUT2D eigenvalue weighted by Crippen LogP contribution is -2.07. The van der Waals surface area contributed by atoms with Crippen molar-refractivity contribution < 1.29 is 4.74 Å². The summed E-state index contributed by atoms with van der Waals surface area (Å²) in [5.74, 6) is 0.762. The van der Waals surface area contributed by atoms with Crippen molar-refractivity contribution in [2.24, 2.45) is 5.92 Å². The molecule has 1 heterocycles. The van der Waals surface area contributed by atoms with Crippen molar-refractivity contribution in [1.82, 2.24) is 0 Å². The van der Waals surface area contributed by atoms with Crippen LogP contribution in [0.5, 0.6) is 0 Å². The van der Waals surface area contributed by atoms with Crippen molar-refractivity contribution in [2.75, 3.05) is 0 Å². The van der Waals surface area contributed by atoms with Gasteiger partial charge >= 0.3 is 0 Å². The Morgan fingerprint density at radius 2 is 2.17 bits per heavy atom. The Morgan fingerprint density at radius 1 is 1.42 bits per heavy atom. The molecule has 1 aliphatic carbocycles. The third-order valence-electron chi connectivity index (χ3n) is 3.50. The van der Waals surface area contributed by atoms with E-state index in [1.165, 1.54) is 31.3 Å². The summed E-state index contributed by atoms with van der Waals surface area (Å²) in [5.41, 5.74) is 1.62. The first-order valence-corrected chi connectivity index (χ1v) is 4.95. The van der Waals surface area contributed by atoms with Gasteiger partial charge in [0.25, 0.3) is 0 Å². The molecular formula is C11H18O. The Labute approximate surface area is 74.8 Å². The van der Waals surface area contributed by atoms with Crippen LogP contribution in [0.3, 0.4) is 0 Å². The molecule has 0 amide bonds. The molecule has 0 radical (unpaired) electrons. The highest BCUT2D eigenvalue weighted by Gasteiger charge is 2.52. The van der Waals surface area contributed by atoms with Gasteiger partial charge in [0.1, 0.15) is 0 Å². The van der Waals surface area contributed by atoms with Crippen LogP contribution >= 0.6 is 0 Å². The third-order valence-corrected chi connectivity index (χ3v) is 3.50. The molecule has 0 aromatic carbocycles. The van der Waals surface area contributed by atoms with Gasteiger partial charge in [0.2, 0.25) is 0 Å². The Morgan fingerprint density at radius 3 is 2.83 bits per heavy atom. The van der Waals surface area contributed by atoms with E-state index in [1.807, 2.05) is 0 Å². The molecule has 0 aromatic rings. The van der Waals surface area contributed by atoms with Crippen LogP contribution in [0, 0.1) is 5.92 Å². The fourth-order valence-electron chi connectivity index (χ4n) is 2.33. The molecule has 3 unspecified atom stereocenters. The predicted molar refractivity (Wildman–Crippen MR) is 50.1 cm³/mol. The Balaban J connectivity index is 1.97. The second kappa shape index (κ2) is 2.59. The quantitative estimate of drug-likeness (QED) is 0.431. The summed E-state index contributed by atoms with van der Waals surface area (Å²) in [6.07, 6.45) is 5.61. The van der Waals surface area contributed by atoms with Gasteiger partial charge in [-0.05, 0) is 45.4 Å². The highest BCUT2D eigenvalue weighted by atomic mass is 16.6. The Bertz CT molecular complexity index is 209. The van der Waals surface area contributed by atoms with Crippen molar-refractivity contribution in [3.8, 4) is 0 Å². The number of hydrogen-bond donors (Lipinski definition) is 0. The maximum absolute atomic E-state index is 5.64. The fourth-order valence-corrected chi connectivity index (χ4v) is 2.33. The lowest BCUT2D eigenvalue weighted by atomic mass is 9.93. The van der Waals surface area contributed by atoms with Crippen LogP contribution in [0.4, 0.5) is 0 Å². The van der Waals surface area contributed by atoms with Gasteiger partial charge in [-0.25, -0.2) is 0 Å². The molecule has 2 aliphatic rings. The van der Waals surface area contributed by atoms with E-state index in [0.29, 0.717) is 6.10 Å². The van der Waals surface area contributed by atoms with Crippen LogP contribution < -0.4 is 0 Å². The first-order valence-electron chi connectivity index (χ1n) is 4.95. The van der Waals surface area contributed by atoms with Crippen molar-refractivity contribution >= 4 is 0 Å². The number of allylic oxidation sites excluding steroid dienone is 1. The normalized spacial score (nSPS) is 46.2. The van der Waals surface area contributed by atoms with Crippen LogP contribution in [-0.4, -0.2) is 11.7 Å². The fraction of sp³-hybridized carbons (Fsp3) is 0.818. The molecule has 0 N–H and O–H groups in total. The van der Waals surface area contributed by atoms with E-state index in [2.05, 4.69) is 20.4 Å². The predicted octanol–water partition coefficient (Wildman–Crippen LogP) is 2.91. The maximum Gasteiger partial charge on any atom is 0.0920 e. The molecule has 12 heavy (non-hydrogen) atoms. The molecule has 0 aromatic heterocycles.